The van der Waals surface area contributed by atoms with Crippen LogP contribution in [-0.4, -0.2) is 42.8 Å². The van der Waals surface area contributed by atoms with Gasteiger partial charge in [0.25, 0.3) is 0 Å². The van der Waals surface area contributed by atoms with E-state index in [1.165, 1.54) is 4.90 Å². The van der Waals surface area contributed by atoms with E-state index in [1.807, 2.05) is 27.7 Å². The van der Waals surface area contributed by atoms with E-state index in [2.05, 4.69) is 0 Å². The van der Waals surface area contributed by atoms with Crippen molar-refractivity contribution in [1.82, 2.24) is 4.90 Å². The molecule has 118 valence electrons. The van der Waals surface area contributed by atoms with Crippen molar-refractivity contribution in [1.29, 1.82) is 0 Å². The van der Waals surface area contributed by atoms with Gasteiger partial charge in [0.2, 0.25) is 0 Å². The molecule has 0 bridgehead atoms. The standard InChI is InChI=1S/C15H29NO4/c1-7-19-14(17)13(9-11(3)4)16(10-12(5)6)15(18)20-8-2/h11-13H,7-10H2,1-6H3/t13-/m0/s1. The number of hydrogen-bond donors (Lipinski definition) is 0. The van der Waals surface area contributed by atoms with E-state index in [-0.39, 0.29) is 17.8 Å². The molecule has 5 nitrogen and oxygen atoms in total. The first-order valence-corrected chi connectivity index (χ1v) is 7.43. The van der Waals surface area contributed by atoms with Crippen molar-refractivity contribution < 1.29 is 19.1 Å². The van der Waals surface area contributed by atoms with E-state index in [0.29, 0.717) is 26.2 Å². The second kappa shape index (κ2) is 9.61. The highest BCUT2D eigenvalue weighted by molar-refractivity contribution is 5.81. The van der Waals surface area contributed by atoms with Crippen molar-refractivity contribution in [3.63, 3.8) is 0 Å². The summed E-state index contributed by atoms with van der Waals surface area (Å²) in [6, 6.07) is -0.573. The number of carbonyl (C=O) groups excluding carboxylic acids is 2. The lowest BCUT2D eigenvalue weighted by Gasteiger charge is -2.31. The summed E-state index contributed by atoms with van der Waals surface area (Å²) in [6.07, 6.45) is 0.129. The zero-order chi connectivity index (χ0) is 15.7. The van der Waals surface area contributed by atoms with Crippen LogP contribution in [0.3, 0.4) is 0 Å². The Labute approximate surface area is 122 Å². The fourth-order valence-electron chi connectivity index (χ4n) is 1.96. The molecule has 5 heteroatoms. The van der Waals surface area contributed by atoms with Crippen LogP contribution in [0.2, 0.25) is 0 Å². The fourth-order valence-corrected chi connectivity index (χ4v) is 1.96. The highest BCUT2D eigenvalue weighted by Crippen LogP contribution is 2.16. The lowest BCUT2D eigenvalue weighted by molar-refractivity contribution is -0.149. The van der Waals surface area contributed by atoms with Crippen LogP contribution in [0.15, 0.2) is 0 Å². The van der Waals surface area contributed by atoms with Crippen molar-refractivity contribution >= 4 is 12.1 Å². The summed E-state index contributed by atoms with van der Waals surface area (Å²) in [4.78, 5) is 25.8. The average Bonchev–Trinajstić information content (AvgIpc) is 2.33. The first kappa shape index (κ1) is 18.7. The lowest BCUT2D eigenvalue weighted by atomic mass is 10.0. The minimum Gasteiger partial charge on any atom is -0.464 e. The molecule has 0 rings (SSSR count). The monoisotopic (exact) mass is 287 g/mol. The average molecular weight is 287 g/mol. The van der Waals surface area contributed by atoms with Crippen LogP contribution in [0.5, 0.6) is 0 Å². The van der Waals surface area contributed by atoms with Gasteiger partial charge in [-0.25, -0.2) is 9.59 Å². The molecule has 0 unspecified atom stereocenters. The summed E-state index contributed by atoms with van der Waals surface area (Å²) >= 11 is 0. The molecule has 0 N–H and O–H groups in total. The third-order valence-corrected chi connectivity index (χ3v) is 2.69. The number of amides is 1. The minimum atomic E-state index is -0.573. The molecular weight excluding hydrogens is 258 g/mol. The van der Waals surface area contributed by atoms with E-state index >= 15 is 0 Å². The van der Waals surface area contributed by atoms with Gasteiger partial charge in [-0.15, -0.1) is 0 Å². The predicted molar refractivity (Wildman–Crippen MR) is 78.4 cm³/mol. The van der Waals surface area contributed by atoms with Crippen molar-refractivity contribution in [2.45, 2.75) is 54.0 Å². The molecule has 20 heavy (non-hydrogen) atoms. The minimum absolute atomic E-state index is 0.253. The predicted octanol–water partition coefficient (Wildman–Crippen LogP) is 3.08. The maximum absolute atomic E-state index is 12.1. The number of esters is 1. The number of rotatable bonds is 8. The van der Waals surface area contributed by atoms with Gasteiger partial charge in [0.15, 0.2) is 0 Å². The van der Waals surface area contributed by atoms with Gasteiger partial charge < -0.3 is 9.47 Å². The molecule has 0 saturated carbocycles. The van der Waals surface area contributed by atoms with E-state index in [9.17, 15) is 9.59 Å². The van der Waals surface area contributed by atoms with Crippen molar-refractivity contribution in [2.75, 3.05) is 19.8 Å². The maximum Gasteiger partial charge on any atom is 0.410 e. The Bertz CT molecular complexity index is 272. The summed E-state index contributed by atoms with van der Waals surface area (Å²) in [7, 11) is 0. The molecule has 0 aromatic rings. The first-order chi connectivity index (χ1) is 9.33. The molecule has 0 aromatic carbocycles. The van der Waals surface area contributed by atoms with Gasteiger partial charge in [-0.1, -0.05) is 27.7 Å². The van der Waals surface area contributed by atoms with Crippen molar-refractivity contribution in [2.24, 2.45) is 11.8 Å². The molecule has 0 aliphatic heterocycles. The van der Waals surface area contributed by atoms with Crippen LogP contribution in [-0.2, 0) is 14.3 Å². The summed E-state index contributed by atoms with van der Waals surface area (Å²) in [6.45, 7) is 12.7. The molecule has 0 aromatic heterocycles. The molecule has 1 atom stereocenters. The molecule has 1 amide bonds. The maximum atomic E-state index is 12.1. The Morgan fingerprint density at radius 1 is 0.950 bits per heavy atom. The zero-order valence-electron chi connectivity index (χ0n) is 13.6. The van der Waals surface area contributed by atoms with E-state index in [0.717, 1.165) is 0 Å². The highest BCUT2D eigenvalue weighted by atomic mass is 16.6. The van der Waals surface area contributed by atoms with Gasteiger partial charge in [0, 0.05) is 6.54 Å². The molecule has 0 saturated heterocycles. The van der Waals surface area contributed by atoms with Gasteiger partial charge in [-0.3, -0.25) is 4.90 Å². The molecule has 0 aliphatic rings. The van der Waals surface area contributed by atoms with Crippen molar-refractivity contribution in [3.8, 4) is 0 Å². The smallest absolute Gasteiger partial charge is 0.410 e. The summed E-state index contributed by atoms with van der Waals surface area (Å²) in [5, 5.41) is 0. The van der Waals surface area contributed by atoms with Crippen molar-refractivity contribution in [3.05, 3.63) is 0 Å². The van der Waals surface area contributed by atoms with E-state index in [4.69, 9.17) is 9.47 Å². The van der Waals surface area contributed by atoms with Gasteiger partial charge in [-0.2, -0.15) is 0 Å². The van der Waals surface area contributed by atoms with Gasteiger partial charge in [0.1, 0.15) is 6.04 Å². The van der Waals surface area contributed by atoms with Crippen LogP contribution in [0.1, 0.15) is 48.0 Å². The largest absolute Gasteiger partial charge is 0.464 e. The topological polar surface area (TPSA) is 55.8 Å². The molecular formula is C15H29NO4. The molecule has 0 fully saturated rings. The summed E-state index contributed by atoms with van der Waals surface area (Å²) in [5.41, 5.74) is 0. The van der Waals surface area contributed by atoms with Crippen LogP contribution in [0.25, 0.3) is 0 Å². The number of carbonyl (C=O) groups is 2. The zero-order valence-corrected chi connectivity index (χ0v) is 13.6. The quantitative estimate of drug-likeness (QED) is 0.644. The molecule has 0 aliphatic carbocycles. The Hall–Kier alpha value is -1.26. The van der Waals surface area contributed by atoms with Crippen LogP contribution >= 0.6 is 0 Å². The Kier molecular flexibility index (Phi) is 9.01. The number of hydrogen-bond acceptors (Lipinski definition) is 4. The highest BCUT2D eigenvalue weighted by Gasteiger charge is 2.32. The number of ether oxygens (including phenoxy) is 2. The third-order valence-electron chi connectivity index (χ3n) is 2.69. The lowest BCUT2D eigenvalue weighted by Crippen LogP contribution is -2.48. The van der Waals surface area contributed by atoms with E-state index in [1.54, 1.807) is 13.8 Å². The van der Waals surface area contributed by atoms with Crippen LogP contribution in [0, 0.1) is 11.8 Å². The number of nitrogens with zero attached hydrogens (tertiary/aromatic N) is 1. The van der Waals surface area contributed by atoms with Gasteiger partial charge >= 0.3 is 12.1 Å². The van der Waals surface area contributed by atoms with Gasteiger partial charge in [-0.05, 0) is 32.1 Å². The summed E-state index contributed by atoms with van der Waals surface area (Å²) in [5.74, 6) is 0.187. The summed E-state index contributed by atoms with van der Waals surface area (Å²) < 4.78 is 10.2. The van der Waals surface area contributed by atoms with E-state index < -0.39 is 12.1 Å². The molecule has 0 radical (unpaired) electrons. The second-order valence-electron chi connectivity index (χ2n) is 5.64. The van der Waals surface area contributed by atoms with Crippen LogP contribution < -0.4 is 0 Å². The fraction of sp³-hybridized carbons (Fsp3) is 0.867. The normalized spacial score (nSPS) is 12.4. The first-order valence-electron chi connectivity index (χ1n) is 7.43. The Morgan fingerprint density at radius 2 is 1.50 bits per heavy atom. The SMILES string of the molecule is CCOC(=O)[C@H](CC(C)C)N(CC(C)C)C(=O)OCC. The second-order valence-corrected chi connectivity index (χ2v) is 5.64. The third kappa shape index (κ3) is 6.78. The molecule has 0 spiro atoms. The Balaban J connectivity index is 5.14. The van der Waals surface area contributed by atoms with Gasteiger partial charge in [0.05, 0.1) is 13.2 Å². The molecule has 0 heterocycles. The van der Waals surface area contributed by atoms with Crippen LogP contribution in [0.4, 0.5) is 4.79 Å². The Morgan fingerprint density at radius 3 is 1.90 bits per heavy atom.